The highest BCUT2D eigenvalue weighted by Crippen LogP contribution is 2.30. The molecule has 0 saturated heterocycles. The van der Waals surface area contributed by atoms with Crippen LogP contribution in [0.3, 0.4) is 0 Å². The van der Waals surface area contributed by atoms with E-state index in [0.717, 1.165) is 17.8 Å². The van der Waals surface area contributed by atoms with Crippen molar-refractivity contribution in [1.82, 2.24) is 21.1 Å². The minimum atomic E-state index is -1.40. The first kappa shape index (κ1) is 27.2. The van der Waals surface area contributed by atoms with Gasteiger partial charge in [0.1, 0.15) is 11.7 Å². The van der Waals surface area contributed by atoms with E-state index in [0.29, 0.717) is 6.54 Å². The molecular weight excluding hydrogens is 468 g/mol. The van der Waals surface area contributed by atoms with E-state index in [4.69, 9.17) is 4.52 Å². The first-order valence-electron chi connectivity index (χ1n) is 10.6. The molecule has 1 aromatic heterocycles. The molecule has 186 valence electrons. The fourth-order valence-corrected chi connectivity index (χ4v) is 3.75. The highest BCUT2D eigenvalue weighted by molar-refractivity contribution is 8.04. The first-order valence-corrected chi connectivity index (χ1v) is 11.6. The molecular formula is C21H28N4O8S. The lowest BCUT2D eigenvalue weighted by Crippen LogP contribution is -2.47. The third-order valence-corrected chi connectivity index (χ3v) is 5.93. The lowest BCUT2D eigenvalue weighted by atomic mass is 9.87. The topological polar surface area (TPSA) is 188 Å². The second-order valence-corrected chi connectivity index (χ2v) is 9.22. The maximum absolute atomic E-state index is 12.8. The average Bonchev–Trinajstić information content (AvgIpc) is 3.25. The average molecular weight is 497 g/mol. The summed E-state index contributed by atoms with van der Waals surface area (Å²) < 4.78 is 4.88. The van der Waals surface area contributed by atoms with Crippen LogP contribution in [0.4, 0.5) is 0 Å². The number of carbonyl (C=O) groups is 5. The second-order valence-electron chi connectivity index (χ2n) is 8.09. The van der Waals surface area contributed by atoms with Crippen molar-refractivity contribution in [3.63, 3.8) is 0 Å². The minimum absolute atomic E-state index is 0.0251. The van der Waals surface area contributed by atoms with E-state index >= 15 is 0 Å². The number of allylic oxidation sites excluding steroid dienone is 2. The van der Waals surface area contributed by atoms with Gasteiger partial charge in [0.25, 0.3) is 5.91 Å². The summed E-state index contributed by atoms with van der Waals surface area (Å²) in [6.07, 6.45) is -0.278. The number of ketones is 2. The van der Waals surface area contributed by atoms with Crippen molar-refractivity contribution in [3.8, 4) is 0 Å². The summed E-state index contributed by atoms with van der Waals surface area (Å²) >= 11 is 0.994. The van der Waals surface area contributed by atoms with Crippen molar-refractivity contribution in [2.24, 2.45) is 5.41 Å². The van der Waals surface area contributed by atoms with E-state index in [2.05, 4.69) is 21.1 Å². The Kier molecular flexibility index (Phi) is 9.53. The van der Waals surface area contributed by atoms with Crippen LogP contribution in [0.15, 0.2) is 15.5 Å². The largest absolute Gasteiger partial charge is 0.396 e. The molecule has 0 unspecified atom stereocenters. The van der Waals surface area contributed by atoms with Gasteiger partial charge in [0.05, 0.1) is 11.5 Å². The van der Waals surface area contributed by atoms with Crippen LogP contribution in [-0.4, -0.2) is 82.8 Å². The Morgan fingerprint density at radius 2 is 1.85 bits per heavy atom. The fourth-order valence-electron chi connectivity index (χ4n) is 2.82. The Hall–Kier alpha value is -3.03. The quantitative estimate of drug-likeness (QED) is 0.234. The van der Waals surface area contributed by atoms with Crippen LogP contribution in [-0.2, 0) is 9.59 Å². The van der Waals surface area contributed by atoms with Crippen LogP contribution in [0, 0.1) is 5.41 Å². The summed E-state index contributed by atoms with van der Waals surface area (Å²) in [5, 5.41) is 30.2. The standard InChI is InChI=1S/C21H28N4O8S/c1-4-22-19(31)15-14-16(29)12(9-11(27)17(14)33-25-15)34-8-5-13(28)23-6-7-24-20(32)18(30)21(2,3)10-26/h9,18,26,30H,4-8,10H2,1-3H3,(H,22,31)(H,23,28)(H,24,32)/t18-/m0/s1. The van der Waals surface area contributed by atoms with Gasteiger partial charge in [-0.05, 0) is 6.92 Å². The van der Waals surface area contributed by atoms with Gasteiger partial charge in [-0.15, -0.1) is 11.8 Å². The van der Waals surface area contributed by atoms with E-state index in [1.54, 1.807) is 20.8 Å². The van der Waals surface area contributed by atoms with Gasteiger partial charge in [0.15, 0.2) is 5.69 Å². The number of Topliss-reactive ketones (excluding diaryl/α,β-unsaturated/α-hetero) is 1. The predicted molar refractivity (Wildman–Crippen MR) is 121 cm³/mol. The molecule has 0 fully saturated rings. The van der Waals surface area contributed by atoms with Crippen LogP contribution in [0.5, 0.6) is 0 Å². The zero-order valence-corrected chi connectivity index (χ0v) is 19.9. The lowest BCUT2D eigenvalue weighted by molar-refractivity contribution is -0.137. The minimum Gasteiger partial charge on any atom is -0.396 e. The van der Waals surface area contributed by atoms with Gasteiger partial charge in [0, 0.05) is 43.3 Å². The number of carbonyl (C=O) groups excluding carboxylic acids is 5. The van der Waals surface area contributed by atoms with E-state index in [1.807, 2.05) is 0 Å². The molecule has 13 heteroatoms. The molecule has 34 heavy (non-hydrogen) atoms. The number of thioether (sulfide) groups is 1. The number of aliphatic hydroxyl groups excluding tert-OH is 2. The van der Waals surface area contributed by atoms with Crippen LogP contribution < -0.4 is 16.0 Å². The Morgan fingerprint density at radius 1 is 1.18 bits per heavy atom. The molecule has 5 N–H and O–H groups in total. The Balaban J connectivity index is 1.79. The molecule has 1 aliphatic carbocycles. The molecule has 0 aromatic carbocycles. The van der Waals surface area contributed by atoms with Gasteiger partial charge in [0.2, 0.25) is 29.1 Å². The lowest BCUT2D eigenvalue weighted by Gasteiger charge is -2.27. The van der Waals surface area contributed by atoms with Gasteiger partial charge < -0.3 is 30.7 Å². The van der Waals surface area contributed by atoms with E-state index in [9.17, 15) is 34.2 Å². The van der Waals surface area contributed by atoms with Gasteiger partial charge in [-0.2, -0.15) is 0 Å². The van der Waals surface area contributed by atoms with Gasteiger partial charge in [-0.1, -0.05) is 19.0 Å². The Labute approximate surface area is 199 Å². The van der Waals surface area contributed by atoms with Crippen LogP contribution >= 0.6 is 11.8 Å². The van der Waals surface area contributed by atoms with Crippen LogP contribution in [0.25, 0.3) is 0 Å². The normalized spacial score (nSPS) is 14.2. The molecule has 3 amide bonds. The fraction of sp³-hybridized carbons (Fsp3) is 0.524. The maximum atomic E-state index is 12.8. The predicted octanol–water partition coefficient (Wildman–Crippen LogP) is -0.578. The van der Waals surface area contributed by atoms with Gasteiger partial charge in [-0.25, -0.2) is 0 Å². The molecule has 1 atom stereocenters. The molecule has 0 radical (unpaired) electrons. The number of aromatic nitrogens is 1. The monoisotopic (exact) mass is 496 g/mol. The number of fused-ring (bicyclic) bond motifs is 1. The molecule has 1 aromatic rings. The van der Waals surface area contributed by atoms with Crippen LogP contribution in [0.2, 0.25) is 0 Å². The van der Waals surface area contributed by atoms with Gasteiger partial charge >= 0.3 is 0 Å². The highest BCUT2D eigenvalue weighted by Gasteiger charge is 2.36. The van der Waals surface area contributed by atoms with Crippen molar-refractivity contribution in [3.05, 3.63) is 28.0 Å². The summed E-state index contributed by atoms with van der Waals surface area (Å²) in [4.78, 5) is 61.0. The zero-order valence-electron chi connectivity index (χ0n) is 19.1. The molecule has 1 aliphatic rings. The zero-order chi connectivity index (χ0) is 25.5. The first-order chi connectivity index (χ1) is 16.0. The van der Waals surface area contributed by atoms with Crippen molar-refractivity contribution in [2.45, 2.75) is 33.3 Å². The number of hydrogen-bond acceptors (Lipinski definition) is 10. The number of nitrogens with one attached hydrogen (secondary N) is 3. The van der Waals surface area contributed by atoms with E-state index in [-0.39, 0.29) is 59.7 Å². The Morgan fingerprint density at radius 3 is 2.50 bits per heavy atom. The maximum Gasteiger partial charge on any atom is 0.274 e. The van der Waals surface area contributed by atoms with Crippen molar-refractivity contribution in [1.29, 1.82) is 0 Å². The number of aliphatic hydroxyl groups is 2. The van der Waals surface area contributed by atoms with Crippen molar-refractivity contribution < 1.29 is 38.7 Å². The summed E-state index contributed by atoms with van der Waals surface area (Å²) in [5.74, 6) is -2.90. The van der Waals surface area contributed by atoms with Crippen molar-refractivity contribution in [2.75, 3.05) is 32.0 Å². The van der Waals surface area contributed by atoms with E-state index in [1.165, 1.54) is 0 Å². The molecule has 1 heterocycles. The summed E-state index contributed by atoms with van der Waals surface area (Å²) in [6.45, 7) is 4.91. The summed E-state index contributed by atoms with van der Waals surface area (Å²) in [7, 11) is 0. The number of nitrogens with zero attached hydrogens (tertiary/aromatic N) is 1. The second kappa shape index (κ2) is 11.9. The van der Waals surface area contributed by atoms with Gasteiger partial charge in [-0.3, -0.25) is 24.0 Å². The van der Waals surface area contributed by atoms with E-state index < -0.39 is 34.9 Å². The smallest absolute Gasteiger partial charge is 0.274 e. The number of rotatable bonds is 12. The molecule has 0 spiro atoms. The number of amides is 3. The highest BCUT2D eigenvalue weighted by atomic mass is 32.2. The Bertz CT molecular complexity index is 1000. The molecule has 0 aliphatic heterocycles. The summed E-state index contributed by atoms with van der Waals surface area (Å²) in [5.41, 5.74) is -1.44. The summed E-state index contributed by atoms with van der Waals surface area (Å²) in [6, 6.07) is 0. The third-order valence-electron chi connectivity index (χ3n) is 4.91. The molecule has 0 saturated carbocycles. The molecule has 0 bridgehead atoms. The van der Waals surface area contributed by atoms with Crippen molar-refractivity contribution >= 4 is 41.0 Å². The van der Waals surface area contributed by atoms with Crippen LogP contribution in [0.1, 0.15) is 58.6 Å². The number of hydrogen-bond donors (Lipinski definition) is 5. The molecule has 2 rings (SSSR count). The molecule has 12 nitrogen and oxygen atoms in total. The third kappa shape index (κ3) is 6.52. The SMILES string of the molecule is CCNC(=O)c1noc2c1C(=O)C(SCCC(=O)NCCNC(=O)[C@H](O)C(C)(C)CO)=CC2=O.